The molecule has 0 radical (unpaired) electrons. The standard InChI is InChI=1S/C20H21N3O4/c1-13(2)22-19(24)12-27-17-8-7-15(10-18(17)26-3)20(25)23-16-6-4-5-14(9-16)11-21/h4-10,13H,12H2,1-3H3,(H,22,24)(H,23,25). The predicted molar refractivity (Wildman–Crippen MR) is 101 cm³/mol. The summed E-state index contributed by atoms with van der Waals surface area (Å²) >= 11 is 0. The Morgan fingerprint density at radius 2 is 1.93 bits per heavy atom. The van der Waals surface area contributed by atoms with Crippen molar-refractivity contribution in [3.63, 3.8) is 0 Å². The normalized spacial score (nSPS) is 10.0. The van der Waals surface area contributed by atoms with Crippen LogP contribution in [0.15, 0.2) is 42.5 Å². The summed E-state index contributed by atoms with van der Waals surface area (Å²) in [7, 11) is 1.45. The van der Waals surface area contributed by atoms with Gasteiger partial charge in [0.05, 0.1) is 18.7 Å². The molecule has 2 aromatic rings. The van der Waals surface area contributed by atoms with Gasteiger partial charge in [-0.25, -0.2) is 0 Å². The summed E-state index contributed by atoms with van der Waals surface area (Å²) in [5.41, 5.74) is 1.32. The van der Waals surface area contributed by atoms with E-state index in [-0.39, 0.29) is 24.5 Å². The second-order valence-electron chi connectivity index (χ2n) is 6.02. The number of anilines is 1. The molecule has 0 atom stereocenters. The molecule has 0 bridgehead atoms. The lowest BCUT2D eigenvalue weighted by Crippen LogP contribution is -2.34. The minimum atomic E-state index is -0.354. The van der Waals surface area contributed by atoms with Crippen LogP contribution < -0.4 is 20.1 Å². The van der Waals surface area contributed by atoms with Crippen LogP contribution >= 0.6 is 0 Å². The average Bonchev–Trinajstić information content (AvgIpc) is 2.65. The first-order valence-electron chi connectivity index (χ1n) is 8.34. The van der Waals surface area contributed by atoms with E-state index in [1.807, 2.05) is 19.9 Å². The number of ether oxygens (including phenoxy) is 2. The van der Waals surface area contributed by atoms with E-state index in [0.717, 1.165) is 0 Å². The first-order chi connectivity index (χ1) is 12.9. The van der Waals surface area contributed by atoms with Crippen molar-refractivity contribution in [2.75, 3.05) is 19.0 Å². The fourth-order valence-electron chi connectivity index (χ4n) is 2.30. The number of rotatable bonds is 7. The van der Waals surface area contributed by atoms with Crippen LogP contribution in [0.2, 0.25) is 0 Å². The smallest absolute Gasteiger partial charge is 0.258 e. The van der Waals surface area contributed by atoms with Crippen molar-refractivity contribution in [2.45, 2.75) is 19.9 Å². The van der Waals surface area contributed by atoms with Gasteiger partial charge in [0.2, 0.25) is 0 Å². The predicted octanol–water partition coefficient (Wildman–Crippen LogP) is 2.72. The second kappa shape index (κ2) is 9.25. The SMILES string of the molecule is COc1cc(C(=O)Nc2cccc(C#N)c2)ccc1OCC(=O)NC(C)C. The quantitative estimate of drug-likeness (QED) is 0.784. The maximum atomic E-state index is 12.4. The third-order valence-electron chi connectivity index (χ3n) is 3.48. The lowest BCUT2D eigenvalue weighted by Gasteiger charge is -2.13. The molecular weight excluding hydrogens is 346 g/mol. The average molecular weight is 367 g/mol. The summed E-state index contributed by atoms with van der Waals surface area (Å²) < 4.78 is 10.7. The molecule has 0 heterocycles. The molecule has 0 aromatic heterocycles. The molecule has 2 N–H and O–H groups in total. The second-order valence-corrected chi connectivity index (χ2v) is 6.02. The molecule has 0 saturated heterocycles. The third-order valence-corrected chi connectivity index (χ3v) is 3.48. The molecule has 0 unspecified atom stereocenters. The number of nitriles is 1. The zero-order valence-corrected chi connectivity index (χ0v) is 15.4. The number of nitrogens with one attached hydrogen (secondary N) is 2. The first kappa shape index (κ1) is 19.8. The number of nitrogens with zero attached hydrogens (tertiary/aromatic N) is 1. The zero-order valence-electron chi connectivity index (χ0n) is 15.4. The Morgan fingerprint density at radius 3 is 2.59 bits per heavy atom. The number of methoxy groups -OCH3 is 1. The molecule has 0 aliphatic rings. The number of hydrogen-bond acceptors (Lipinski definition) is 5. The molecule has 27 heavy (non-hydrogen) atoms. The van der Waals surface area contributed by atoms with E-state index in [1.54, 1.807) is 36.4 Å². The summed E-state index contributed by atoms with van der Waals surface area (Å²) in [4.78, 5) is 24.1. The van der Waals surface area contributed by atoms with Crippen LogP contribution in [0.5, 0.6) is 11.5 Å². The van der Waals surface area contributed by atoms with E-state index in [2.05, 4.69) is 10.6 Å². The maximum absolute atomic E-state index is 12.4. The molecule has 2 rings (SSSR count). The van der Waals surface area contributed by atoms with Gasteiger partial charge in [-0.15, -0.1) is 0 Å². The molecule has 0 saturated carbocycles. The fraction of sp³-hybridized carbons (Fsp3) is 0.250. The van der Waals surface area contributed by atoms with Gasteiger partial charge in [0.15, 0.2) is 18.1 Å². The molecule has 140 valence electrons. The minimum Gasteiger partial charge on any atom is -0.493 e. The van der Waals surface area contributed by atoms with Crippen molar-refractivity contribution in [2.24, 2.45) is 0 Å². The summed E-state index contributed by atoms with van der Waals surface area (Å²) in [6.45, 7) is 3.57. The highest BCUT2D eigenvalue weighted by Crippen LogP contribution is 2.28. The molecule has 0 aliphatic carbocycles. The van der Waals surface area contributed by atoms with E-state index in [9.17, 15) is 9.59 Å². The van der Waals surface area contributed by atoms with Gasteiger partial charge in [-0.2, -0.15) is 5.26 Å². The topological polar surface area (TPSA) is 100 Å². The molecule has 0 fully saturated rings. The molecule has 7 heteroatoms. The van der Waals surface area contributed by atoms with Crippen LogP contribution in [0.1, 0.15) is 29.8 Å². The van der Waals surface area contributed by atoms with Gasteiger partial charge in [-0.1, -0.05) is 6.07 Å². The number of carbonyl (C=O) groups excluding carboxylic acids is 2. The highest BCUT2D eigenvalue weighted by atomic mass is 16.5. The molecular formula is C20H21N3O4. The van der Waals surface area contributed by atoms with Crippen molar-refractivity contribution in [1.29, 1.82) is 5.26 Å². The van der Waals surface area contributed by atoms with Crippen LogP contribution in [0.4, 0.5) is 5.69 Å². The minimum absolute atomic E-state index is 0.0219. The number of amides is 2. The molecule has 0 spiro atoms. The van der Waals surface area contributed by atoms with Gasteiger partial charge in [0.25, 0.3) is 11.8 Å². The van der Waals surface area contributed by atoms with Crippen LogP contribution in [0.3, 0.4) is 0 Å². The van der Waals surface area contributed by atoms with Crippen molar-refractivity contribution in [1.82, 2.24) is 5.32 Å². The van der Waals surface area contributed by atoms with E-state index in [0.29, 0.717) is 28.3 Å². The largest absolute Gasteiger partial charge is 0.493 e. The van der Waals surface area contributed by atoms with E-state index in [4.69, 9.17) is 14.7 Å². The highest BCUT2D eigenvalue weighted by molar-refractivity contribution is 6.04. The van der Waals surface area contributed by atoms with E-state index < -0.39 is 0 Å². The number of benzene rings is 2. The van der Waals surface area contributed by atoms with Crippen LogP contribution in [0, 0.1) is 11.3 Å². The Hall–Kier alpha value is -3.53. The molecule has 7 nitrogen and oxygen atoms in total. The molecule has 0 aliphatic heterocycles. The van der Waals surface area contributed by atoms with Crippen LogP contribution in [-0.2, 0) is 4.79 Å². The van der Waals surface area contributed by atoms with Crippen molar-refractivity contribution >= 4 is 17.5 Å². The van der Waals surface area contributed by atoms with Gasteiger partial charge in [0, 0.05) is 17.3 Å². The fourth-order valence-corrected chi connectivity index (χ4v) is 2.30. The van der Waals surface area contributed by atoms with Gasteiger partial charge < -0.3 is 20.1 Å². The Balaban J connectivity index is 2.09. The van der Waals surface area contributed by atoms with Crippen LogP contribution in [0.25, 0.3) is 0 Å². The van der Waals surface area contributed by atoms with Crippen LogP contribution in [-0.4, -0.2) is 31.6 Å². The summed E-state index contributed by atoms with van der Waals surface area (Å²) in [6, 6.07) is 13.3. The zero-order chi connectivity index (χ0) is 19.8. The lowest BCUT2D eigenvalue weighted by molar-refractivity contribution is -0.123. The molecule has 2 aromatic carbocycles. The van der Waals surface area contributed by atoms with E-state index >= 15 is 0 Å². The third kappa shape index (κ3) is 5.75. The first-order valence-corrected chi connectivity index (χ1v) is 8.34. The summed E-state index contributed by atoms with van der Waals surface area (Å²) in [5.74, 6) is 0.101. The Kier molecular flexibility index (Phi) is 6.78. The van der Waals surface area contributed by atoms with Gasteiger partial charge in [0.1, 0.15) is 0 Å². The Labute approximate surface area is 157 Å². The Bertz CT molecular complexity index is 872. The van der Waals surface area contributed by atoms with Gasteiger partial charge in [-0.3, -0.25) is 9.59 Å². The number of hydrogen-bond donors (Lipinski definition) is 2. The monoisotopic (exact) mass is 367 g/mol. The highest BCUT2D eigenvalue weighted by Gasteiger charge is 2.13. The Morgan fingerprint density at radius 1 is 1.15 bits per heavy atom. The lowest BCUT2D eigenvalue weighted by atomic mass is 10.1. The summed E-state index contributed by atoms with van der Waals surface area (Å²) in [5, 5.41) is 14.4. The van der Waals surface area contributed by atoms with Crippen molar-refractivity contribution in [3.05, 3.63) is 53.6 Å². The summed E-state index contributed by atoms with van der Waals surface area (Å²) in [6.07, 6.45) is 0. The van der Waals surface area contributed by atoms with Gasteiger partial charge in [-0.05, 0) is 50.2 Å². The molecule has 2 amide bonds. The van der Waals surface area contributed by atoms with Crippen molar-refractivity contribution < 1.29 is 19.1 Å². The van der Waals surface area contributed by atoms with Crippen molar-refractivity contribution in [3.8, 4) is 17.6 Å². The number of carbonyl (C=O) groups is 2. The van der Waals surface area contributed by atoms with Gasteiger partial charge >= 0.3 is 0 Å². The van der Waals surface area contributed by atoms with E-state index in [1.165, 1.54) is 13.2 Å². The maximum Gasteiger partial charge on any atom is 0.258 e.